The summed E-state index contributed by atoms with van der Waals surface area (Å²) in [6.45, 7) is 3.65. The van der Waals surface area contributed by atoms with Gasteiger partial charge in [0.05, 0.1) is 5.56 Å². The van der Waals surface area contributed by atoms with Gasteiger partial charge in [0.25, 0.3) is 5.91 Å². The number of rotatable bonds is 7. The number of amides is 1. The van der Waals surface area contributed by atoms with Crippen LogP contribution in [-0.2, 0) is 6.54 Å². The molecule has 4 heteroatoms. The monoisotopic (exact) mass is 297 g/mol. The van der Waals surface area contributed by atoms with Crippen molar-refractivity contribution in [2.75, 3.05) is 18.9 Å². The average molecular weight is 297 g/mol. The highest BCUT2D eigenvalue weighted by atomic mass is 16.2. The molecule has 1 aromatic carbocycles. The first-order valence-electron chi connectivity index (χ1n) is 7.70. The third-order valence-corrected chi connectivity index (χ3v) is 3.46. The van der Waals surface area contributed by atoms with Crippen molar-refractivity contribution in [3.63, 3.8) is 0 Å². The van der Waals surface area contributed by atoms with Crippen molar-refractivity contribution in [2.45, 2.75) is 26.3 Å². The quantitative estimate of drug-likeness (QED) is 0.795. The van der Waals surface area contributed by atoms with Crippen molar-refractivity contribution in [1.29, 1.82) is 0 Å². The van der Waals surface area contributed by atoms with Crippen LogP contribution in [0.2, 0.25) is 0 Å². The molecular formula is C18H23N3O. The van der Waals surface area contributed by atoms with E-state index < -0.39 is 0 Å². The molecule has 0 fully saturated rings. The second-order valence-electron chi connectivity index (χ2n) is 5.36. The van der Waals surface area contributed by atoms with Crippen LogP contribution in [0.15, 0.2) is 48.7 Å². The number of pyridine rings is 1. The van der Waals surface area contributed by atoms with Crippen molar-refractivity contribution >= 4 is 11.7 Å². The summed E-state index contributed by atoms with van der Waals surface area (Å²) in [5.41, 5.74) is 1.73. The lowest BCUT2D eigenvalue weighted by Gasteiger charge is -2.17. The Bertz CT molecular complexity index is 581. The standard InChI is InChI=1S/C18H23N3O/c1-3-4-12-19-17-11-10-16(13-20-17)18(22)21(2)14-15-8-6-5-7-9-15/h5-11,13H,3-4,12,14H2,1-2H3,(H,19,20). The maximum absolute atomic E-state index is 12.4. The number of aromatic nitrogens is 1. The first kappa shape index (κ1) is 16.0. The Morgan fingerprint density at radius 3 is 2.59 bits per heavy atom. The molecule has 4 nitrogen and oxygen atoms in total. The highest BCUT2D eigenvalue weighted by molar-refractivity contribution is 5.93. The molecule has 22 heavy (non-hydrogen) atoms. The number of hydrogen-bond donors (Lipinski definition) is 1. The highest BCUT2D eigenvalue weighted by Gasteiger charge is 2.12. The molecule has 2 rings (SSSR count). The topological polar surface area (TPSA) is 45.2 Å². The van der Waals surface area contributed by atoms with Gasteiger partial charge in [-0.1, -0.05) is 43.7 Å². The number of unbranched alkanes of at least 4 members (excludes halogenated alkanes) is 1. The molecule has 0 bridgehead atoms. The van der Waals surface area contributed by atoms with Gasteiger partial charge in [0, 0.05) is 26.3 Å². The molecule has 0 atom stereocenters. The van der Waals surface area contributed by atoms with E-state index in [0.717, 1.165) is 30.8 Å². The normalized spacial score (nSPS) is 10.3. The average Bonchev–Trinajstić information content (AvgIpc) is 2.56. The lowest BCUT2D eigenvalue weighted by atomic mass is 10.2. The SMILES string of the molecule is CCCCNc1ccc(C(=O)N(C)Cc2ccccc2)cn1. The van der Waals surface area contributed by atoms with Crippen LogP contribution in [0, 0.1) is 0 Å². The summed E-state index contributed by atoms with van der Waals surface area (Å²) in [4.78, 5) is 18.4. The van der Waals surface area contributed by atoms with Gasteiger partial charge < -0.3 is 10.2 Å². The predicted molar refractivity (Wildman–Crippen MR) is 89.9 cm³/mol. The Morgan fingerprint density at radius 1 is 1.18 bits per heavy atom. The van der Waals surface area contributed by atoms with E-state index in [0.29, 0.717) is 12.1 Å². The molecule has 0 saturated heterocycles. The molecule has 0 saturated carbocycles. The van der Waals surface area contributed by atoms with Gasteiger partial charge >= 0.3 is 0 Å². The van der Waals surface area contributed by atoms with E-state index in [4.69, 9.17) is 0 Å². The van der Waals surface area contributed by atoms with Crippen LogP contribution in [0.5, 0.6) is 0 Å². The van der Waals surface area contributed by atoms with Crippen molar-refractivity contribution in [2.24, 2.45) is 0 Å². The van der Waals surface area contributed by atoms with Crippen LogP contribution >= 0.6 is 0 Å². The number of anilines is 1. The van der Waals surface area contributed by atoms with Crippen LogP contribution in [0.25, 0.3) is 0 Å². The lowest BCUT2D eigenvalue weighted by Crippen LogP contribution is -2.26. The van der Waals surface area contributed by atoms with Crippen LogP contribution in [0.3, 0.4) is 0 Å². The zero-order chi connectivity index (χ0) is 15.8. The maximum Gasteiger partial charge on any atom is 0.255 e. The zero-order valence-corrected chi connectivity index (χ0v) is 13.2. The third kappa shape index (κ3) is 4.58. The van der Waals surface area contributed by atoms with Crippen LogP contribution in [-0.4, -0.2) is 29.4 Å². The fraction of sp³-hybridized carbons (Fsp3) is 0.333. The first-order valence-corrected chi connectivity index (χ1v) is 7.70. The molecule has 0 aliphatic rings. The Morgan fingerprint density at radius 2 is 1.95 bits per heavy atom. The number of carbonyl (C=O) groups is 1. The summed E-state index contributed by atoms with van der Waals surface area (Å²) in [5, 5.41) is 3.24. The number of benzene rings is 1. The molecule has 0 unspecified atom stereocenters. The Hall–Kier alpha value is -2.36. The second-order valence-corrected chi connectivity index (χ2v) is 5.36. The molecule has 0 radical (unpaired) electrons. The third-order valence-electron chi connectivity index (χ3n) is 3.46. The van der Waals surface area contributed by atoms with Gasteiger partial charge in [-0.25, -0.2) is 4.98 Å². The maximum atomic E-state index is 12.4. The number of carbonyl (C=O) groups excluding carboxylic acids is 1. The number of hydrogen-bond acceptors (Lipinski definition) is 3. The van der Waals surface area contributed by atoms with Gasteiger partial charge in [-0.2, -0.15) is 0 Å². The minimum Gasteiger partial charge on any atom is -0.370 e. The van der Waals surface area contributed by atoms with E-state index >= 15 is 0 Å². The Labute approximate surface area is 132 Å². The molecule has 0 spiro atoms. The summed E-state index contributed by atoms with van der Waals surface area (Å²) in [6, 6.07) is 13.6. The predicted octanol–water partition coefficient (Wildman–Crippen LogP) is 3.57. The van der Waals surface area contributed by atoms with Crippen LogP contribution in [0.4, 0.5) is 5.82 Å². The second kappa shape index (κ2) is 8.17. The van der Waals surface area contributed by atoms with Crippen molar-refractivity contribution in [1.82, 2.24) is 9.88 Å². The molecule has 116 valence electrons. The molecule has 1 aromatic heterocycles. The van der Waals surface area contributed by atoms with Gasteiger partial charge in [0.2, 0.25) is 0 Å². The Kier molecular flexibility index (Phi) is 5.95. The van der Waals surface area contributed by atoms with Crippen LogP contribution in [0.1, 0.15) is 35.7 Å². The van der Waals surface area contributed by atoms with Crippen molar-refractivity contribution in [3.05, 3.63) is 59.8 Å². The number of nitrogens with zero attached hydrogens (tertiary/aromatic N) is 2. The summed E-state index contributed by atoms with van der Waals surface area (Å²) in [7, 11) is 1.81. The minimum atomic E-state index is -0.0172. The van der Waals surface area contributed by atoms with Gasteiger partial charge in [-0.05, 0) is 24.1 Å². The van der Waals surface area contributed by atoms with E-state index in [2.05, 4.69) is 17.2 Å². The first-order chi connectivity index (χ1) is 10.7. The summed E-state index contributed by atoms with van der Waals surface area (Å²) < 4.78 is 0. The van der Waals surface area contributed by atoms with Gasteiger partial charge in [-0.15, -0.1) is 0 Å². The van der Waals surface area contributed by atoms with Gasteiger partial charge in [0.15, 0.2) is 0 Å². The Balaban J connectivity index is 1.94. The van der Waals surface area contributed by atoms with Gasteiger partial charge in [-0.3, -0.25) is 4.79 Å². The van der Waals surface area contributed by atoms with E-state index in [-0.39, 0.29) is 5.91 Å². The number of nitrogens with one attached hydrogen (secondary N) is 1. The molecule has 1 amide bonds. The molecule has 0 aliphatic carbocycles. The lowest BCUT2D eigenvalue weighted by molar-refractivity contribution is 0.0784. The largest absolute Gasteiger partial charge is 0.370 e. The molecule has 1 heterocycles. The molecule has 2 aromatic rings. The summed E-state index contributed by atoms with van der Waals surface area (Å²) in [6.07, 6.45) is 3.90. The van der Waals surface area contributed by atoms with E-state index in [9.17, 15) is 4.79 Å². The fourth-order valence-corrected chi connectivity index (χ4v) is 2.17. The fourth-order valence-electron chi connectivity index (χ4n) is 2.17. The smallest absolute Gasteiger partial charge is 0.255 e. The van der Waals surface area contributed by atoms with Crippen molar-refractivity contribution in [3.8, 4) is 0 Å². The van der Waals surface area contributed by atoms with Gasteiger partial charge in [0.1, 0.15) is 5.82 Å². The van der Waals surface area contributed by atoms with Crippen LogP contribution < -0.4 is 5.32 Å². The highest BCUT2D eigenvalue weighted by Crippen LogP contribution is 2.10. The zero-order valence-electron chi connectivity index (χ0n) is 13.2. The molecule has 1 N–H and O–H groups in total. The minimum absolute atomic E-state index is 0.0172. The summed E-state index contributed by atoms with van der Waals surface area (Å²) >= 11 is 0. The van der Waals surface area contributed by atoms with E-state index in [1.54, 1.807) is 11.1 Å². The summed E-state index contributed by atoms with van der Waals surface area (Å²) in [5.74, 6) is 0.798. The molecule has 0 aliphatic heterocycles. The van der Waals surface area contributed by atoms with E-state index in [1.165, 1.54) is 0 Å². The van der Waals surface area contributed by atoms with E-state index in [1.807, 2.05) is 49.5 Å². The molecular weight excluding hydrogens is 274 g/mol. The van der Waals surface area contributed by atoms with Crippen molar-refractivity contribution < 1.29 is 4.79 Å².